The predicted molar refractivity (Wildman–Crippen MR) is 123 cm³/mol. The van der Waals surface area contributed by atoms with Crippen LogP contribution in [0, 0.1) is 6.92 Å². The summed E-state index contributed by atoms with van der Waals surface area (Å²) in [4.78, 5) is 13.0. The number of ether oxygens (including phenoxy) is 2. The summed E-state index contributed by atoms with van der Waals surface area (Å²) in [5.74, 6) is 1.72. The van der Waals surface area contributed by atoms with Crippen molar-refractivity contribution in [3.63, 3.8) is 0 Å². The fourth-order valence-corrected chi connectivity index (χ4v) is 4.26. The normalized spacial score (nSPS) is 16.3. The Morgan fingerprint density at radius 1 is 1.27 bits per heavy atom. The van der Waals surface area contributed by atoms with Crippen LogP contribution in [0.5, 0.6) is 5.75 Å². The summed E-state index contributed by atoms with van der Waals surface area (Å²) >= 11 is 1.75. The van der Waals surface area contributed by atoms with Crippen LogP contribution in [0.4, 0.5) is 0 Å². The highest BCUT2D eigenvalue weighted by Gasteiger charge is 2.22. The summed E-state index contributed by atoms with van der Waals surface area (Å²) in [6, 6.07) is 8.52. The van der Waals surface area contributed by atoms with E-state index < -0.39 is 0 Å². The van der Waals surface area contributed by atoms with E-state index in [0.29, 0.717) is 6.54 Å². The second-order valence-corrected chi connectivity index (χ2v) is 8.52. The molecule has 0 spiro atoms. The van der Waals surface area contributed by atoms with Crippen molar-refractivity contribution in [2.24, 2.45) is 4.99 Å². The number of thiazole rings is 1. The van der Waals surface area contributed by atoms with Crippen LogP contribution in [0.25, 0.3) is 0 Å². The van der Waals surface area contributed by atoms with Crippen LogP contribution in [-0.4, -0.2) is 68.9 Å². The minimum absolute atomic E-state index is 0.205. The number of hydrogen-bond donors (Lipinski definition) is 2. The third kappa shape index (κ3) is 6.68. The third-order valence-electron chi connectivity index (χ3n) is 5.05. The molecule has 0 saturated carbocycles. The van der Waals surface area contributed by atoms with Crippen molar-refractivity contribution in [3.05, 3.63) is 45.9 Å². The number of guanidine groups is 1. The van der Waals surface area contributed by atoms with Gasteiger partial charge in [0.2, 0.25) is 0 Å². The van der Waals surface area contributed by atoms with Crippen molar-refractivity contribution in [2.45, 2.75) is 26.3 Å². The average Bonchev–Trinajstić information content (AvgIpc) is 3.20. The van der Waals surface area contributed by atoms with E-state index in [-0.39, 0.29) is 6.04 Å². The molecule has 1 aromatic carbocycles. The molecule has 2 aromatic rings. The van der Waals surface area contributed by atoms with Gasteiger partial charge >= 0.3 is 0 Å². The van der Waals surface area contributed by atoms with Crippen molar-refractivity contribution < 1.29 is 9.47 Å². The van der Waals surface area contributed by atoms with E-state index in [1.54, 1.807) is 18.4 Å². The van der Waals surface area contributed by atoms with Gasteiger partial charge in [-0.2, -0.15) is 0 Å². The maximum Gasteiger partial charge on any atom is 0.191 e. The number of aryl methyl sites for hydroxylation is 1. The zero-order valence-electron chi connectivity index (χ0n) is 18.2. The largest absolute Gasteiger partial charge is 0.497 e. The lowest BCUT2D eigenvalue weighted by Crippen LogP contribution is -2.42. The molecular formula is C22H33N5O2S. The fraction of sp³-hybridized carbons (Fsp3) is 0.545. The maximum absolute atomic E-state index is 5.56. The molecule has 3 rings (SSSR count). The van der Waals surface area contributed by atoms with Crippen LogP contribution in [0.3, 0.4) is 0 Å². The second kappa shape index (κ2) is 11.9. The van der Waals surface area contributed by atoms with Crippen LogP contribution in [-0.2, 0) is 11.2 Å². The Morgan fingerprint density at radius 3 is 2.67 bits per heavy atom. The summed E-state index contributed by atoms with van der Waals surface area (Å²) in [6.45, 7) is 9.85. The van der Waals surface area contributed by atoms with Crippen LogP contribution in [0.15, 0.2) is 35.5 Å². The zero-order chi connectivity index (χ0) is 21.2. The van der Waals surface area contributed by atoms with E-state index in [9.17, 15) is 0 Å². The van der Waals surface area contributed by atoms with Gasteiger partial charge in [0.05, 0.1) is 37.9 Å². The third-order valence-corrected chi connectivity index (χ3v) is 6.03. The van der Waals surface area contributed by atoms with E-state index in [2.05, 4.69) is 46.5 Å². The topological polar surface area (TPSA) is 71.0 Å². The number of aliphatic imine (C=N–C) groups is 1. The molecule has 7 nitrogen and oxygen atoms in total. The minimum Gasteiger partial charge on any atom is -0.497 e. The zero-order valence-corrected chi connectivity index (χ0v) is 19.0. The van der Waals surface area contributed by atoms with Crippen LogP contribution in [0.1, 0.15) is 28.4 Å². The molecule has 0 amide bonds. The number of hydrogen-bond acceptors (Lipinski definition) is 6. The SMILES string of the molecule is CCNC(=NCC(c1ccc(OC)cc1)N1CCOCC1)NCCc1ncc(C)s1. The number of methoxy groups -OCH3 is 1. The fourth-order valence-electron chi connectivity index (χ4n) is 3.47. The molecule has 0 radical (unpaired) electrons. The quantitative estimate of drug-likeness (QED) is 0.470. The number of nitrogens with one attached hydrogen (secondary N) is 2. The number of benzene rings is 1. The van der Waals surface area contributed by atoms with Crippen LogP contribution >= 0.6 is 11.3 Å². The first kappa shape index (κ1) is 22.5. The molecule has 1 unspecified atom stereocenters. The summed E-state index contributed by atoms with van der Waals surface area (Å²) in [7, 11) is 1.69. The van der Waals surface area contributed by atoms with Crippen LogP contribution in [0.2, 0.25) is 0 Å². The number of morpholine rings is 1. The van der Waals surface area contributed by atoms with Gasteiger partial charge < -0.3 is 20.1 Å². The summed E-state index contributed by atoms with van der Waals surface area (Å²) in [6.07, 6.45) is 2.83. The average molecular weight is 432 g/mol. The van der Waals surface area contributed by atoms with Gasteiger partial charge in [0.1, 0.15) is 5.75 Å². The Morgan fingerprint density at radius 2 is 2.03 bits per heavy atom. The number of nitrogens with zero attached hydrogens (tertiary/aromatic N) is 3. The summed E-state index contributed by atoms with van der Waals surface area (Å²) < 4.78 is 10.9. The van der Waals surface area contributed by atoms with E-state index in [1.165, 1.54) is 10.4 Å². The van der Waals surface area contributed by atoms with E-state index in [0.717, 1.165) is 62.5 Å². The standard InChI is InChI=1S/C22H33N5O2S/c1-4-23-22(24-10-9-21-25-15-17(2)30-21)26-16-20(27-11-13-29-14-12-27)18-5-7-19(28-3)8-6-18/h5-8,15,20H,4,9-14,16H2,1-3H3,(H2,23,24,26). The number of rotatable bonds is 9. The molecule has 1 aliphatic rings. The van der Waals surface area contributed by atoms with Gasteiger partial charge in [-0.25, -0.2) is 4.98 Å². The molecule has 0 aliphatic carbocycles. The lowest BCUT2D eigenvalue weighted by Gasteiger charge is -2.34. The Hall–Kier alpha value is -2.16. The van der Waals surface area contributed by atoms with Crippen molar-refractivity contribution in [1.29, 1.82) is 0 Å². The smallest absolute Gasteiger partial charge is 0.191 e. The van der Waals surface area contributed by atoms with Gasteiger partial charge in [-0.15, -0.1) is 11.3 Å². The van der Waals surface area contributed by atoms with Crippen molar-refractivity contribution in [3.8, 4) is 5.75 Å². The Labute approximate surface area is 183 Å². The molecule has 8 heteroatoms. The molecule has 0 bridgehead atoms. The first-order valence-electron chi connectivity index (χ1n) is 10.6. The van der Waals surface area contributed by atoms with Gasteiger partial charge in [-0.1, -0.05) is 12.1 Å². The van der Waals surface area contributed by atoms with Crippen molar-refractivity contribution in [1.82, 2.24) is 20.5 Å². The molecule has 1 atom stereocenters. The van der Waals surface area contributed by atoms with E-state index in [1.807, 2.05) is 18.3 Å². The second-order valence-electron chi connectivity index (χ2n) is 7.20. The van der Waals surface area contributed by atoms with Gasteiger partial charge in [0, 0.05) is 43.7 Å². The van der Waals surface area contributed by atoms with Gasteiger partial charge in [-0.3, -0.25) is 9.89 Å². The Kier molecular flexibility index (Phi) is 8.92. The first-order chi connectivity index (χ1) is 14.7. The summed E-state index contributed by atoms with van der Waals surface area (Å²) in [5.41, 5.74) is 1.25. The molecule has 1 aromatic heterocycles. The molecule has 2 N–H and O–H groups in total. The van der Waals surface area contributed by atoms with Gasteiger partial charge in [0.25, 0.3) is 0 Å². The Balaban J connectivity index is 1.66. The molecule has 1 saturated heterocycles. The first-order valence-corrected chi connectivity index (χ1v) is 11.4. The minimum atomic E-state index is 0.205. The Bertz CT molecular complexity index is 787. The van der Waals surface area contributed by atoms with Crippen molar-refractivity contribution in [2.75, 3.05) is 53.0 Å². The molecular weight excluding hydrogens is 398 g/mol. The lowest BCUT2D eigenvalue weighted by molar-refractivity contribution is 0.0179. The predicted octanol–water partition coefficient (Wildman–Crippen LogP) is 2.63. The van der Waals surface area contributed by atoms with Crippen LogP contribution < -0.4 is 15.4 Å². The summed E-state index contributed by atoms with van der Waals surface area (Å²) in [5, 5.41) is 7.96. The number of aromatic nitrogens is 1. The van der Waals surface area contributed by atoms with E-state index >= 15 is 0 Å². The van der Waals surface area contributed by atoms with E-state index in [4.69, 9.17) is 14.5 Å². The van der Waals surface area contributed by atoms with Gasteiger partial charge in [-0.05, 0) is 31.5 Å². The molecule has 30 heavy (non-hydrogen) atoms. The monoisotopic (exact) mass is 431 g/mol. The molecule has 164 valence electrons. The van der Waals surface area contributed by atoms with Gasteiger partial charge in [0.15, 0.2) is 5.96 Å². The highest BCUT2D eigenvalue weighted by Crippen LogP contribution is 2.24. The highest BCUT2D eigenvalue weighted by atomic mass is 32.1. The maximum atomic E-state index is 5.56. The highest BCUT2D eigenvalue weighted by molar-refractivity contribution is 7.11. The molecule has 2 heterocycles. The van der Waals surface area contributed by atoms with Crippen molar-refractivity contribution >= 4 is 17.3 Å². The molecule has 1 fully saturated rings. The lowest BCUT2D eigenvalue weighted by atomic mass is 10.0. The molecule has 1 aliphatic heterocycles.